The van der Waals surface area contributed by atoms with Gasteiger partial charge in [0.05, 0.1) is 6.54 Å². The van der Waals surface area contributed by atoms with Crippen LogP contribution in [0.4, 0.5) is 0 Å². The maximum atomic E-state index is 11.5. The van der Waals surface area contributed by atoms with E-state index in [9.17, 15) is 4.79 Å². The van der Waals surface area contributed by atoms with Gasteiger partial charge in [0.15, 0.2) is 0 Å². The van der Waals surface area contributed by atoms with Crippen LogP contribution in [0.5, 0.6) is 0 Å². The van der Waals surface area contributed by atoms with E-state index in [-0.39, 0.29) is 5.91 Å². The second-order valence-corrected chi connectivity index (χ2v) is 4.30. The van der Waals surface area contributed by atoms with Gasteiger partial charge in [-0.1, -0.05) is 25.3 Å². The van der Waals surface area contributed by atoms with E-state index in [0.29, 0.717) is 19.1 Å². The van der Waals surface area contributed by atoms with Crippen molar-refractivity contribution in [2.45, 2.75) is 38.1 Å². The Morgan fingerprint density at radius 1 is 1.47 bits per heavy atom. The summed E-state index contributed by atoms with van der Waals surface area (Å²) >= 11 is 0. The molecule has 1 fully saturated rings. The van der Waals surface area contributed by atoms with Gasteiger partial charge in [-0.25, -0.2) is 0 Å². The molecule has 3 nitrogen and oxygen atoms in total. The molecular formula is C12H22N2O. The van der Waals surface area contributed by atoms with E-state index in [4.69, 9.17) is 0 Å². The molecule has 1 rings (SSSR count). The van der Waals surface area contributed by atoms with Crippen LogP contribution in [0.2, 0.25) is 0 Å². The lowest BCUT2D eigenvalue weighted by molar-refractivity contribution is -0.122. The third kappa shape index (κ3) is 4.47. The second-order valence-electron chi connectivity index (χ2n) is 4.30. The Morgan fingerprint density at radius 2 is 2.13 bits per heavy atom. The average Bonchev–Trinajstić information content (AvgIpc) is 2.27. The van der Waals surface area contributed by atoms with Crippen LogP contribution in [0.1, 0.15) is 32.1 Å². The summed E-state index contributed by atoms with van der Waals surface area (Å²) in [6.07, 6.45) is 8.16. The van der Waals surface area contributed by atoms with E-state index in [1.807, 2.05) is 7.05 Å². The number of hydrogen-bond donors (Lipinski definition) is 1. The fourth-order valence-electron chi connectivity index (χ4n) is 2.12. The molecule has 1 saturated carbocycles. The van der Waals surface area contributed by atoms with Crippen molar-refractivity contribution in [3.63, 3.8) is 0 Å². The van der Waals surface area contributed by atoms with Crippen molar-refractivity contribution < 1.29 is 4.79 Å². The first kappa shape index (κ1) is 12.2. The molecule has 0 aliphatic heterocycles. The lowest BCUT2D eigenvalue weighted by atomic mass is 9.94. The minimum absolute atomic E-state index is 0.1000. The van der Waals surface area contributed by atoms with Crippen LogP contribution in [0.15, 0.2) is 12.7 Å². The minimum Gasteiger partial charge on any atom is -0.352 e. The largest absolute Gasteiger partial charge is 0.352 e. The Labute approximate surface area is 92.5 Å². The highest BCUT2D eigenvalue weighted by Gasteiger charge is 2.19. The quantitative estimate of drug-likeness (QED) is 0.698. The Hall–Kier alpha value is -0.830. The van der Waals surface area contributed by atoms with Gasteiger partial charge in [-0.05, 0) is 19.9 Å². The Morgan fingerprint density at radius 3 is 2.73 bits per heavy atom. The van der Waals surface area contributed by atoms with E-state index >= 15 is 0 Å². The van der Waals surface area contributed by atoms with Crippen LogP contribution in [0.25, 0.3) is 0 Å². The molecule has 1 aliphatic rings. The van der Waals surface area contributed by atoms with Gasteiger partial charge in [-0.15, -0.1) is 6.58 Å². The average molecular weight is 210 g/mol. The molecule has 0 aromatic rings. The molecule has 0 bridgehead atoms. The number of carbonyl (C=O) groups is 1. The molecule has 3 heteroatoms. The number of carbonyl (C=O) groups excluding carboxylic acids is 1. The van der Waals surface area contributed by atoms with Crippen LogP contribution in [0.3, 0.4) is 0 Å². The third-order valence-corrected chi connectivity index (χ3v) is 3.03. The lowest BCUT2D eigenvalue weighted by Crippen LogP contribution is -2.41. The Bertz CT molecular complexity index is 210. The van der Waals surface area contributed by atoms with Gasteiger partial charge in [-0.3, -0.25) is 9.69 Å². The van der Waals surface area contributed by atoms with Crippen molar-refractivity contribution in [1.29, 1.82) is 0 Å². The number of hydrogen-bond acceptors (Lipinski definition) is 2. The zero-order valence-corrected chi connectivity index (χ0v) is 9.67. The van der Waals surface area contributed by atoms with Crippen LogP contribution in [-0.2, 0) is 4.79 Å². The number of nitrogens with one attached hydrogen (secondary N) is 1. The summed E-state index contributed by atoms with van der Waals surface area (Å²) < 4.78 is 0. The third-order valence-electron chi connectivity index (χ3n) is 3.03. The van der Waals surface area contributed by atoms with Crippen molar-refractivity contribution in [3.05, 3.63) is 12.7 Å². The van der Waals surface area contributed by atoms with Gasteiger partial charge in [0.1, 0.15) is 0 Å². The second kappa shape index (κ2) is 6.62. The van der Waals surface area contributed by atoms with Crippen molar-refractivity contribution in [2.24, 2.45) is 0 Å². The normalized spacial score (nSPS) is 17.7. The summed E-state index contributed by atoms with van der Waals surface area (Å²) in [7, 11) is 2.05. The molecule has 0 aromatic carbocycles. The summed E-state index contributed by atoms with van der Waals surface area (Å²) in [4.78, 5) is 13.6. The van der Waals surface area contributed by atoms with Crippen LogP contribution >= 0.6 is 0 Å². The summed E-state index contributed by atoms with van der Waals surface area (Å²) in [5, 5.41) is 2.80. The Kier molecular flexibility index (Phi) is 5.40. The van der Waals surface area contributed by atoms with E-state index in [1.54, 1.807) is 6.08 Å². The Balaban J connectivity index is 2.23. The maximum Gasteiger partial charge on any atom is 0.234 e. The number of amides is 1. The van der Waals surface area contributed by atoms with Crippen LogP contribution < -0.4 is 5.32 Å². The first-order chi connectivity index (χ1) is 7.24. The molecule has 0 atom stereocenters. The zero-order valence-electron chi connectivity index (χ0n) is 9.67. The summed E-state index contributed by atoms with van der Waals surface area (Å²) in [6, 6.07) is 0.605. The van der Waals surface area contributed by atoms with E-state index in [0.717, 1.165) is 0 Å². The van der Waals surface area contributed by atoms with Crippen molar-refractivity contribution in [3.8, 4) is 0 Å². The molecule has 0 aromatic heterocycles. The molecule has 1 N–H and O–H groups in total. The van der Waals surface area contributed by atoms with Gasteiger partial charge >= 0.3 is 0 Å². The van der Waals surface area contributed by atoms with Crippen LogP contribution in [0, 0.1) is 0 Å². The molecule has 0 saturated heterocycles. The fourth-order valence-corrected chi connectivity index (χ4v) is 2.12. The van der Waals surface area contributed by atoms with Crippen molar-refractivity contribution in [2.75, 3.05) is 20.1 Å². The van der Waals surface area contributed by atoms with Crippen molar-refractivity contribution >= 4 is 5.91 Å². The highest BCUT2D eigenvalue weighted by molar-refractivity contribution is 5.78. The predicted molar refractivity (Wildman–Crippen MR) is 62.7 cm³/mol. The first-order valence-electron chi connectivity index (χ1n) is 5.82. The summed E-state index contributed by atoms with van der Waals surface area (Å²) in [6.45, 7) is 4.65. The SMILES string of the molecule is C=CCNC(=O)CN(C)C1CCCCC1. The monoisotopic (exact) mass is 210 g/mol. The standard InChI is InChI=1S/C12H22N2O/c1-3-9-13-12(15)10-14(2)11-7-5-4-6-8-11/h3,11H,1,4-10H2,2H3,(H,13,15). The molecule has 0 heterocycles. The number of likely N-dealkylation sites (N-methyl/N-ethyl adjacent to an activating group) is 1. The number of nitrogens with zero attached hydrogens (tertiary/aromatic N) is 1. The van der Waals surface area contributed by atoms with Crippen molar-refractivity contribution in [1.82, 2.24) is 10.2 Å². The molecular weight excluding hydrogens is 188 g/mol. The molecule has 1 amide bonds. The molecule has 1 aliphatic carbocycles. The molecule has 0 spiro atoms. The van der Waals surface area contributed by atoms with Crippen LogP contribution in [-0.4, -0.2) is 37.0 Å². The minimum atomic E-state index is 0.1000. The summed E-state index contributed by atoms with van der Waals surface area (Å²) in [5.74, 6) is 0.1000. The topological polar surface area (TPSA) is 32.3 Å². The summed E-state index contributed by atoms with van der Waals surface area (Å²) in [5.41, 5.74) is 0. The fraction of sp³-hybridized carbons (Fsp3) is 0.750. The highest BCUT2D eigenvalue weighted by Crippen LogP contribution is 2.21. The van der Waals surface area contributed by atoms with E-state index < -0.39 is 0 Å². The molecule has 15 heavy (non-hydrogen) atoms. The van der Waals surface area contributed by atoms with E-state index in [2.05, 4.69) is 16.8 Å². The van der Waals surface area contributed by atoms with Gasteiger partial charge in [0.25, 0.3) is 0 Å². The van der Waals surface area contributed by atoms with E-state index in [1.165, 1.54) is 32.1 Å². The zero-order chi connectivity index (χ0) is 11.1. The molecule has 0 unspecified atom stereocenters. The molecule has 0 radical (unpaired) electrons. The smallest absolute Gasteiger partial charge is 0.234 e. The first-order valence-corrected chi connectivity index (χ1v) is 5.82. The lowest BCUT2D eigenvalue weighted by Gasteiger charge is -2.30. The van der Waals surface area contributed by atoms with Gasteiger partial charge in [0, 0.05) is 12.6 Å². The van der Waals surface area contributed by atoms with Gasteiger partial charge < -0.3 is 5.32 Å². The van der Waals surface area contributed by atoms with Gasteiger partial charge in [0.2, 0.25) is 5.91 Å². The number of rotatable bonds is 5. The van der Waals surface area contributed by atoms with Gasteiger partial charge in [-0.2, -0.15) is 0 Å². The highest BCUT2D eigenvalue weighted by atomic mass is 16.2. The maximum absolute atomic E-state index is 11.5. The predicted octanol–water partition coefficient (Wildman–Crippen LogP) is 1.55. The molecule has 86 valence electrons.